The van der Waals surface area contributed by atoms with E-state index in [4.69, 9.17) is 26.7 Å². The SMILES string of the molecule is Cc1cc(OCc2cncc(C#N)c2)c(CNC(CC(=O)O)C(C)O)cc1Cl. The molecule has 148 valence electrons. The first-order valence-electron chi connectivity index (χ1n) is 8.69. The second-order valence-corrected chi connectivity index (χ2v) is 6.92. The number of nitrogens with zero attached hydrogens (tertiary/aromatic N) is 2. The number of hydrogen-bond donors (Lipinski definition) is 3. The van der Waals surface area contributed by atoms with Crippen LogP contribution in [-0.2, 0) is 17.9 Å². The van der Waals surface area contributed by atoms with E-state index in [1.807, 2.05) is 13.0 Å². The Labute approximate surface area is 168 Å². The third-order valence-corrected chi connectivity index (χ3v) is 4.60. The first kappa shape index (κ1) is 21.6. The molecule has 2 rings (SSSR count). The van der Waals surface area contributed by atoms with Crippen LogP contribution in [0.2, 0.25) is 5.02 Å². The lowest BCUT2D eigenvalue weighted by Crippen LogP contribution is -2.39. The van der Waals surface area contributed by atoms with Gasteiger partial charge in [-0.2, -0.15) is 5.26 Å². The van der Waals surface area contributed by atoms with Gasteiger partial charge in [-0.1, -0.05) is 11.6 Å². The Bertz CT molecular complexity index is 880. The molecule has 0 saturated carbocycles. The fourth-order valence-corrected chi connectivity index (χ4v) is 2.79. The number of carboxylic acids is 1. The lowest BCUT2D eigenvalue weighted by atomic mass is 10.1. The van der Waals surface area contributed by atoms with Crippen LogP contribution < -0.4 is 10.1 Å². The molecular formula is C20H22ClN3O4. The average Bonchev–Trinajstić information content (AvgIpc) is 2.66. The Hall–Kier alpha value is -2.66. The molecule has 3 N–H and O–H groups in total. The van der Waals surface area contributed by atoms with Crippen LogP contribution in [-0.4, -0.2) is 33.3 Å². The molecule has 2 unspecified atom stereocenters. The van der Waals surface area contributed by atoms with Gasteiger partial charge in [0.2, 0.25) is 0 Å². The number of aromatic nitrogens is 1. The van der Waals surface area contributed by atoms with E-state index in [0.717, 1.165) is 16.7 Å². The number of benzene rings is 1. The normalized spacial score (nSPS) is 12.8. The molecule has 0 aliphatic heterocycles. The topological polar surface area (TPSA) is 115 Å². The molecule has 1 aromatic heterocycles. The van der Waals surface area contributed by atoms with Crippen LogP contribution in [0.3, 0.4) is 0 Å². The summed E-state index contributed by atoms with van der Waals surface area (Å²) in [5, 5.41) is 31.4. The summed E-state index contributed by atoms with van der Waals surface area (Å²) in [7, 11) is 0. The molecule has 0 amide bonds. The lowest BCUT2D eigenvalue weighted by Gasteiger charge is -2.21. The second kappa shape index (κ2) is 10.0. The van der Waals surface area contributed by atoms with E-state index < -0.39 is 18.1 Å². The summed E-state index contributed by atoms with van der Waals surface area (Å²) < 4.78 is 5.91. The maximum Gasteiger partial charge on any atom is 0.305 e. The minimum atomic E-state index is -0.998. The van der Waals surface area contributed by atoms with Crippen molar-refractivity contribution in [3.8, 4) is 11.8 Å². The molecule has 0 bridgehead atoms. The van der Waals surface area contributed by atoms with Gasteiger partial charge in [0.05, 0.1) is 18.1 Å². The van der Waals surface area contributed by atoms with Crippen LogP contribution in [0.5, 0.6) is 5.75 Å². The molecule has 8 heteroatoms. The predicted molar refractivity (Wildman–Crippen MR) is 104 cm³/mol. The summed E-state index contributed by atoms with van der Waals surface area (Å²) in [6.45, 7) is 3.88. The summed E-state index contributed by atoms with van der Waals surface area (Å²) >= 11 is 6.23. The van der Waals surface area contributed by atoms with Crippen LogP contribution in [0.1, 0.15) is 35.6 Å². The number of rotatable bonds is 9. The molecule has 2 atom stereocenters. The fraction of sp³-hybridized carbons (Fsp3) is 0.350. The van der Waals surface area contributed by atoms with Crippen molar-refractivity contribution in [3.63, 3.8) is 0 Å². The number of aliphatic hydroxyl groups is 1. The van der Waals surface area contributed by atoms with E-state index >= 15 is 0 Å². The monoisotopic (exact) mass is 403 g/mol. The lowest BCUT2D eigenvalue weighted by molar-refractivity contribution is -0.138. The van der Waals surface area contributed by atoms with Crippen molar-refractivity contribution < 1.29 is 19.7 Å². The number of ether oxygens (including phenoxy) is 1. The highest BCUT2D eigenvalue weighted by Crippen LogP contribution is 2.28. The van der Waals surface area contributed by atoms with E-state index in [1.165, 1.54) is 13.1 Å². The standard InChI is InChI=1S/C20H22ClN3O4/c1-12-3-19(28-11-15-4-14(7-22)8-23-9-15)16(5-17(12)21)10-24-18(13(2)25)6-20(26)27/h3-5,8-9,13,18,24-25H,6,10-11H2,1-2H3,(H,26,27). The minimum absolute atomic E-state index is 0.208. The van der Waals surface area contributed by atoms with Crippen LogP contribution in [0.15, 0.2) is 30.6 Å². The number of carboxylic acid groups (broad SMARTS) is 1. The fourth-order valence-electron chi connectivity index (χ4n) is 2.60. The Kier molecular flexibility index (Phi) is 7.76. The molecule has 0 aliphatic carbocycles. The van der Waals surface area contributed by atoms with Gasteiger partial charge in [0.25, 0.3) is 0 Å². The third-order valence-electron chi connectivity index (χ3n) is 4.19. The molecule has 1 aromatic carbocycles. The van der Waals surface area contributed by atoms with Crippen molar-refractivity contribution in [2.24, 2.45) is 0 Å². The molecule has 0 spiro atoms. The van der Waals surface area contributed by atoms with Crippen LogP contribution in [0.25, 0.3) is 0 Å². The average molecular weight is 404 g/mol. The molecule has 0 radical (unpaired) electrons. The van der Waals surface area contributed by atoms with Crippen molar-refractivity contribution in [2.75, 3.05) is 0 Å². The Morgan fingerprint density at radius 2 is 2.14 bits per heavy atom. The zero-order valence-electron chi connectivity index (χ0n) is 15.6. The zero-order valence-corrected chi connectivity index (χ0v) is 16.4. The van der Waals surface area contributed by atoms with Crippen LogP contribution in [0, 0.1) is 18.3 Å². The number of aliphatic hydroxyl groups excluding tert-OH is 1. The second-order valence-electron chi connectivity index (χ2n) is 6.52. The molecule has 1 heterocycles. The van der Waals surface area contributed by atoms with Crippen molar-refractivity contribution in [1.82, 2.24) is 10.3 Å². The number of hydrogen-bond acceptors (Lipinski definition) is 6. The maximum absolute atomic E-state index is 11.0. The summed E-state index contributed by atoms with van der Waals surface area (Å²) in [6.07, 6.45) is 2.06. The highest BCUT2D eigenvalue weighted by atomic mass is 35.5. The van der Waals surface area contributed by atoms with Gasteiger partial charge in [0.15, 0.2) is 0 Å². The predicted octanol–water partition coefficient (Wildman–Crippen LogP) is 2.81. The number of aliphatic carboxylic acids is 1. The van der Waals surface area contributed by atoms with E-state index in [0.29, 0.717) is 16.3 Å². The zero-order chi connectivity index (χ0) is 20.7. The first-order valence-corrected chi connectivity index (χ1v) is 9.07. The third kappa shape index (κ3) is 6.20. The van der Waals surface area contributed by atoms with Gasteiger partial charge in [0, 0.05) is 41.1 Å². The Morgan fingerprint density at radius 3 is 2.79 bits per heavy atom. The minimum Gasteiger partial charge on any atom is -0.489 e. The first-order chi connectivity index (χ1) is 13.3. The van der Waals surface area contributed by atoms with Gasteiger partial charge in [-0.25, -0.2) is 0 Å². The van der Waals surface area contributed by atoms with Gasteiger partial charge >= 0.3 is 5.97 Å². The Balaban J connectivity index is 2.16. The highest BCUT2D eigenvalue weighted by molar-refractivity contribution is 6.31. The van der Waals surface area contributed by atoms with Gasteiger partial charge in [-0.15, -0.1) is 0 Å². The maximum atomic E-state index is 11.0. The summed E-state index contributed by atoms with van der Waals surface area (Å²) in [5.41, 5.74) is 2.76. The van der Waals surface area contributed by atoms with E-state index in [2.05, 4.69) is 10.3 Å². The van der Waals surface area contributed by atoms with Crippen molar-refractivity contribution in [1.29, 1.82) is 5.26 Å². The van der Waals surface area contributed by atoms with E-state index in [9.17, 15) is 9.90 Å². The molecule has 0 fully saturated rings. The number of nitrogens with one attached hydrogen (secondary N) is 1. The number of pyridine rings is 1. The largest absolute Gasteiger partial charge is 0.489 e. The summed E-state index contributed by atoms with van der Waals surface area (Å²) in [5.74, 6) is -0.418. The van der Waals surface area contributed by atoms with Gasteiger partial charge in [0.1, 0.15) is 18.4 Å². The molecule has 0 aliphatic rings. The van der Waals surface area contributed by atoms with Crippen molar-refractivity contribution >= 4 is 17.6 Å². The van der Waals surface area contributed by atoms with E-state index in [1.54, 1.807) is 24.4 Å². The number of aryl methyl sites for hydroxylation is 1. The molecule has 28 heavy (non-hydrogen) atoms. The molecule has 0 saturated heterocycles. The van der Waals surface area contributed by atoms with Gasteiger partial charge < -0.3 is 20.3 Å². The number of halogens is 1. The van der Waals surface area contributed by atoms with Crippen LogP contribution in [0.4, 0.5) is 0 Å². The van der Waals surface area contributed by atoms with Crippen molar-refractivity contribution in [2.45, 2.75) is 45.6 Å². The Morgan fingerprint density at radius 1 is 1.39 bits per heavy atom. The van der Waals surface area contributed by atoms with E-state index in [-0.39, 0.29) is 19.6 Å². The van der Waals surface area contributed by atoms with Gasteiger partial charge in [-0.3, -0.25) is 9.78 Å². The quantitative estimate of drug-likeness (QED) is 0.589. The smallest absolute Gasteiger partial charge is 0.305 e. The highest BCUT2D eigenvalue weighted by Gasteiger charge is 2.19. The molecular weight excluding hydrogens is 382 g/mol. The molecule has 2 aromatic rings. The number of nitriles is 1. The summed E-state index contributed by atoms with van der Waals surface area (Å²) in [4.78, 5) is 15.0. The van der Waals surface area contributed by atoms with Crippen molar-refractivity contribution in [3.05, 3.63) is 57.9 Å². The summed E-state index contributed by atoms with van der Waals surface area (Å²) in [6, 6.07) is 6.68. The number of carbonyl (C=O) groups is 1. The molecule has 7 nitrogen and oxygen atoms in total. The van der Waals surface area contributed by atoms with Crippen LogP contribution >= 0.6 is 11.6 Å². The van der Waals surface area contributed by atoms with Gasteiger partial charge in [-0.05, 0) is 37.6 Å².